The molecular formula is C38H67NO12. The van der Waals surface area contributed by atoms with Crippen molar-refractivity contribution in [2.24, 2.45) is 0 Å². The number of hydrogen-bond acceptors (Lipinski definition) is 13. The van der Waals surface area contributed by atoms with Crippen molar-refractivity contribution < 1.29 is 57.2 Å². The maximum Gasteiger partial charge on any atom is 0.320 e. The first-order valence-corrected chi connectivity index (χ1v) is 19.4. The summed E-state index contributed by atoms with van der Waals surface area (Å²) in [6.45, 7) is 4.67. The fraction of sp³-hybridized carbons (Fsp3) is 0.842. The minimum Gasteiger partial charge on any atom is -0.464 e. The molecule has 13 heteroatoms. The second kappa shape index (κ2) is 35.2. The summed E-state index contributed by atoms with van der Waals surface area (Å²) < 4.78 is 31.2. The largest absolute Gasteiger partial charge is 0.464 e. The lowest BCUT2D eigenvalue weighted by atomic mass is 10.1. The molecule has 13 nitrogen and oxygen atoms in total. The van der Waals surface area contributed by atoms with Crippen LogP contribution in [0.3, 0.4) is 0 Å². The van der Waals surface area contributed by atoms with Crippen molar-refractivity contribution in [3.05, 3.63) is 0 Å². The number of hydrogen-bond donors (Lipinski definition) is 1. The highest BCUT2D eigenvalue weighted by molar-refractivity contribution is 5.75. The number of rotatable bonds is 36. The summed E-state index contributed by atoms with van der Waals surface area (Å²) >= 11 is 0. The van der Waals surface area contributed by atoms with Crippen molar-refractivity contribution in [1.29, 1.82) is 0 Å². The van der Waals surface area contributed by atoms with E-state index >= 15 is 0 Å². The van der Waals surface area contributed by atoms with E-state index in [1.807, 2.05) is 0 Å². The average molecular weight is 730 g/mol. The third-order valence-electron chi connectivity index (χ3n) is 7.98. The number of nitrogens with one attached hydrogen (secondary N) is 1. The molecule has 0 fully saturated rings. The fourth-order valence-electron chi connectivity index (χ4n) is 5.02. The van der Waals surface area contributed by atoms with Crippen molar-refractivity contribution >= 4 is 36.3 Å². The molecule has 0 heterocycles. The number of esters is 5. The third-order valence-corrected chi connectivity index (χ3v) is 7.98. The molecule has 0 aliphatic heterocycles. The Balaban J connectivity index is 4.75. The maximum atomic E-state index is 12.6. The summed E-state index contributed by atoms with van der Waals surface area (Å²) in [7, 11) is 0. The first-order chi connectivity index (χ1) is 24.7. The summed E-state index contributed by atoms with van der Waals surface area (Å²) in [6.07, 6.45) is 17.0. The third kappa shape index (κ3) is 32.4. The van der Waals surface area contributed by atoms with Crippen LogP contribution in [-0.2, 0) is 57.2 Å². The lowest BCUT2D eigenvalue weighted by Crippen LogP contribution is -2.38. The van der Waals surface area contributed by atoms with Crippen LogP contribution >= 0.6 is 0 Å². The van der Waals surface area contributed by atoms with Gasteiger partial charge in [0.15, 0.2) is 12.2 Å². The fourth-order valence-corrected chi connectivity index (χ4v) is 5.02. The van der Waals surface area contributed by atoms with E-state index in [9.17, 15) is 28.8 Å². The summed E-state index contributed by atoms with van der Waals surface area (Å²) in [5.74, 6) is -2.83. The van der Waals surface area contributed by atoms with Gasteiger partial charge in [-0.3, -0.25) is 34.1 Å². The topological polar surface area (TPSA) is 170 Å². The first-order valence-electron chi connectivity index (χ1n) is 19.4. The molecule has 0 radical (unpaired) electrons. The molecule has 51 heavy (non-hydrogen) atoms. The number of unbranched alkanes of at least 4 members (excludes halogenated alkanes) is 15. The van der Waals surface area contributed by atoms with Crippen LogP contribution < -0.4 is 5.32 Å². The van der Waals surface area contributed by atoms with Crippen LogP contribution in [0.15, 0.2) is 0 Å². The van der Waals surface area contributed by atoms with E-state index < -0.39 is 55.1 Å². The minimum atomic E-state index is -1.02. The van der Waals surface area contributed by atoms with Crippen molar-refractivity contribution in [3.63, 3.8) is 0 Å². The Labute approximate surface area is 305 Å². The van der Waals surface area contributed by atoms with Gasteiger partial charge >= 0.3 is 29.8 Å². The number of carbonyl (C=O) groups is 6. The van der Waals surface area contributed by atoms with Gasteiger partial charge in [0.05, 0.1) is 13.1 Å². The molecule has 0 bridgehead atoms. The molecule has 0 aromatic heterocycles. The van der Waals surface area contributed by atoms with Crippen molar-refractivity contribution in [3.8, 4) is 0 Å². The second-order valence-corrected chi connectivity index (χ2v) is 12.9. The highest BCUT2D eigenvalue weighted by atomic mass is 16.6. The highest BCUT2D eigenvalue weighted by Crippen LogP contribution is 2.11. The van der Waals surface area contributed by atoms with Crippen molar-refractivity contribution in [2.45, 2.75) is 168 Å². The molecule has 1 N–H and O–H groups in total. The molecule has 0 spiro atoms. The normalized spacial score (nSPS) is 11.5. The van der Waals surface area contributed by atoms with Crippen LogP contribution in [0.4, 0.5) is 0 Å². The first kappa shape index (κ1) is 47.8. The Bertz CT molecular complexity index is 897. The van der Waals surface area contributed by atoms with E-state index in [-0.39, 0.29) is 52.2 Å². The summed E-state index contributed by atoms with van der Waals surface area (Å²) in [4.78, 5) is 72.3. The Kier molecular flexibility index (Phi) is 33.0. The van der Waals surface area contributed by atoms with Gasteiger partial charge in [0.25, 0.3) is 6.47 Å². The van der Waals surface area contributed by atoms with Gasteiger partial charge in [-0.15, -0.1) is 0 Å². The Morgan fingerprint density at radius 2 is 0.765 bits per heavy atom. The van der Waals surface area contributed by atoms with Crippen LogP contribution in [0.5, 0.6) is 0 Å². The second-order valence-electron chi connectivity index (χ2n) is 12.9. The Morgan fingerprint density at radius 3 is 1.10 bits per heavy atom. The molecule has 0 aromatic carbocycles. The van der Waals surface area contributed by atoms with Gasteiger partial charge in [0.1, 0.15) is 26.4 Å². The van der Waals surface area contributed by atoms with E-state index in [0.717, 1.165) is 83.5 Å². The number of ether oxygens (including phenoxy) is 6. The molecule has 0 aliphatic carbocycles. The van der Waals surface area contributed by atoms with E-state index in [4.69, 9.17) is 28.4 Å². The SMILES string of the molecule is CCCCCCCCC(=O)OCC(COC=O)OC(=O)CNCC(=O)OC(COC(=O)CCCCCCCC)COC(=O)CCCCCCCC. The van der Waals surface area contributed by atoms with Crippen LogP contribution in [0.25, 0.3) is 0 Å². The zero-order valence-corrected chi connectivity index (χ0v) is 31.7. The van der Waals surface area contributed by atoms with Crippen LogP contribution in [0, 0.1) is 0 Å². The predicted molar refractivity (Wildman–Crippen MR) is 192 cm³/mol. The molecule has 296 valence electrons. The van der Waals surface area contributed by atoms with Crippen LogP contribution in [-0.4, -0.2) is 88.0 Å². The standard InChI is InChI=1S/C38H67NO12/c1-4-7-10-13-16-19-22-34(41)47-28-32(27-46-31-40)50-37(44)25-39-26-38(45)51-33(29-48-35(42)23-20-17-14-11-8-5-2)30-49-36(43)24-21-18-15-12-9-6-3/h31-33,39H,4-30H2,1-3H3. The smallest absolute Gasteiger partial charge is 0.320 e. The van der Waals surface area contributed by atoms with Gasteiger partial charge in [-0.1, -0.05) is 117 Å². The summed E-state index contributed by atoms with van der Waals surface area (Å²) in [5, 5.41) is 2.61. The molecule has 0 amide bonds. The predicted octanol–water partition coefficient (Wildman–Crippen LogP) is 6.45. The quantitative estimate of drug-likeness (QED) is 0.0323. The van der Waals surface area contributed by atoms with E-state index in [0.29, 0.717) is 19.3 Å². The molecule has 0 aliphatic rings. The van der Waals surface area contributed by atoms with Crippen molar-refractivity contribution in [1.82, 2.24) is 5.32 Å². The van der Waals surface area contributed by atoms with Gasteiger partial charge in [0.2, 0.25) is 0 Å². The molecule has 0 rings (SSSR count). The monoisotopic (exact) mass is 729 g/mol. The summed E-state index contributed by atoms with van der Waals surface area (Å²) in [6, 6.07) is 0. The zero-order chi connectivity index (χ0) is 37.8. The molecule has 0 aromatic rings. The van der Waals surface area contributed by atoms with Crippen LogP contribution in [0.1, 0.15) is 156 Å². The highest BCUT2D eigenvalue weighted by Gasteiger charge is 2.21. The van der Waals surface area contributed by atoms with E-state index in [1.54, 1.807) is 0 Å². The van der Waals surface area contributed by atoms with Gasteiger partial charge < -0.3 is 28.4 Å². The molecule has 1 unspecified atom stereocenters. The average Bonchev–Trinajstić information content (AvgIpc) is 3.11. The van der Waals surface area contributed by atoms with Crippen molar-refractivity contribution in [2.75, 3.05) is 39.5 Å². The molecule has 0 saturated carbocycles. The molecule has 0 saturated heterocycles. The van der Waals surface area contributed by atoms with Gasteiger partial charge in [-0.25, -0.2) is 0 Å². The van der Waals surface area contributed by atoms with Gasteiger partial charge in [-0.2, -0.15) is 0 Å². The summed E-state index contributed by atoms with van der Waals surface area (Å²) in [5.41, 5.74) is 0. The Morgan fingerprint density at radius 1 is 0.451 bits per heavy atom. The molecule has 1 atom stereocenters. The Hall–Kier alpha value is -3.22. The van der Waals surface area contributed by atoms with Crippen LogP contribution in [0.2, 0.25) is 0 Å². The van der Waals surface area contributed by atoms with Gasteiger partial charge in [0, 0.05) is 19.3 Å². The lowest BCUT2D eigenvalue weighted by molar-refractivity contribution is -0.166. The zero-order valence-electron chi connectivity index (χ0n) is 31.7. The van der Waals surface area contributed by atoms with Gasteiger partial charge in [-0.05, 0) is 19.3 Å². The minimum absolute atomic E-state index is 0.196. The number of carbonyl (C=O) groups excluding carboxylic acids is 6. The maximum absolute atomic E-state index is 12.6. The molecular weight excluding hydrogens is 662 g/mol. The lowest BCUT2D eigenvalue weighted by Gasteiger charge is -2.19. The van der Waals surface area contributed by atoms with E-state index in [1.165, 1.54) is 12.8 Å². The van der Waals surface area contributed by atoms with E-state index in [2.05, 4.69) is 26.1 Å².